The number of benzene rings is 1. The SMILES string of the molecule is Cc1nnsc1C(N)c1ccc(F)cc1F. The summed E-state index contributed by atoms with van der Waals surface area (Å²) >= 11 is 1.12. The molecule has 0 bridgehead atoms. The Hall–Kier alpha value is -1.40. The predicted molar refractivity (Wildman–Crippen MR) is 57.0 cm³/mol. The molecule has 2 rings (SSSR count). The third-order valence-corrected chi connectivity index (χ3v) is 3.18. The number of aromatic nitrogens is 2. The first-order chi connectivity index (χ1) is 7.59. The first kappa shape index (κ1) is 11.1. The fraction of sp³-hybridized carbons (Fsp3) is 0.200. The fourth-order valence-corrected chi connectivity index (χ4v) is 2.08. The lowest BCUT2D eigenvalue weighted by molar-refractivity contribution is 0.566. The number of aryl methyl sites for hydroxylation is 1. The average molecular weight is 241 g/mol. The van der Waals surface area contributed by atoms with Crippen LogP contribution in [0.15, 0.2) is 18.2 Å². The number of halogens is 2. The van der Waals surface area contributed by atoms with Gasteiger partial charge in [0.05, 0.1) is 16.6 Å². The Labute approximate surface area is 95.1 Å². The first-order valence-electron chi connectivity index (χ1n) is 4.59. The molecule has 0 spiro atoms. The van der Waals surface area contributed by atoms with Crippen LogP contribution in [0, 0.1) is 18.6 Å². The predicted octanol–water partition coefficient (Wildman–Crippen LogP) is 2.17. The van der Waals surface area contributed by atoms with Crippen molar-refractivity contribution in [2.45, 2.75) is 13.0 Å². The van der Waals surface area contributed by atoms with Gasteiger partial charge in [0.2, 0.25) is 0 Å². The van der Waals surface area contributed by atoms with Gasteiger partial charge in [0.15, 0.2) is 0 Å². The van der Waals surface area contributed by atoms with E-state index in [4.69, 9.17) is 5.73 Å². The molecule has 0 aliphatic carbocycles. The molecule has 84 valence electrons. The minimum Gasteiger partial charge on any atom is -0.319 e. The van der Waals surface area contributed by atoms with Crippen LogP contribution in [0.1, 0.15) is 22.2 Å². The Kier molecular flexibility index (Phi) is 2.93. The van der Waals surface area contributed by atoms with Crippen molar-refractivity contribution < 1.29 is 8.78 Å². The van der Waals surface area contributed by atoms with Crippen LogP contribution in [0.4, 0.5) is 8.78 Å². The standard InChI is InChI=1S/C10H9F2N3S/c1-5-10(16-15-14-5)9(13)7-3-2-6(11)4-8(7)12/h2-4,9H,13H2,1H3. The topological polar surface area (TPSA) is 51.8 Å². The van der Waals surface area contributed by atoms with Crippen molar-refractivity contribution in [2.75, 3.05) is 0 Å². The largest absolute Gasteiger partial charge is 0.319 e. The lowest BCUT2D eigenvalue weighted by Gasteiger charge is -2.10. The molecule has 1 unspecified atom stereocenters. The molecule has 0 amide bonds. The number of nitrogens with zero attached hydrogens (tertiary/aromatic N) is 2. The summed E-state index contributed by atoms with van der Waals surface area (Å²) in [6, 6.07) is 2.69. The molecule has 16 heavy (non-hydrogen) atoms. The first-order valence-corrected chi connectivity index (χ1v) is 5.36. The Morgan fingerprint density at radius 3 is 2.69 bits per heavy atom. The van der Waals surface area contributed by atoms with Crippen molar-refractivity contribution in [3.63, 3.8) is 0 Å². The van der Waals surface area contributed by atoms with Crippen molar-refractivity contribution >= 4 is 11.5 Å². The highest BCUT2D eigenvalue weighted by molar-refractivity contribution is 7.05. The summed E-state index contributed by atoms with van der Waals surface area (Å²) in [6.45, 7) is 1.75. The van der Waals surface area contributed by atoms with Gasteiger partial charge >= 0.3 is 0 Å². The van der Waals surface area contributed by atoms with Crippen molar-refractivity contribution in [3.8, 4) is 0 Å². The highest BCUT2D eigenvalue weighted by atomic mass is 32.1. The van der Waals surface area contributed by atoms with Crippen LogP contribution in [-0.2, 0) is 0 Å². The molecule has 0 saturated heterocycles. The second-order valence-corrected chi connectivity index (χ2v) is 4.15. The maximum absolute atomic E-state index is 13.5. The van der Waals surface area contributed by atoms with E-state index in [0.29, 0.717) is 10.6 Å². The summed E-state index contributed by atoms with van der Waals surface area (Å²) < 4.78 is 29.9. The highest BCUT2D eigenvalue weighted by Gasteiger charge is 2.18. The molecule has 0 saturated carbocycles. The van der Waals surface area contributed by atoms with E-state index in [9.17, 15) is 8.78 Å². The molecule has 1 heterocycles. The van der Waals surface area contributed by atoms with Crippen LogP contribution in [0.25, 0.3) is 0 Å². The lowest BCUT2D eigenvalue weighted by Crippen LogP contribution is -2.13. The van der Waals surface area contributed by atoms with E-state index in [1.165, 1.54) is 12.1 Å². The Morgan fingerprint density at radius 2 is 2.12 bits per heavy atom. The van der Waals surface area contributed by atoms with E-state index >= 15 is 0 Å². The van der Waals surface area contributed by atoms with Crippen molar-refractivity contribution in [3.05, 3.63) is 46.0 Å². The summed E-state index contributed by atoms with van der Waals surface area (Å²) in [5, 5.41) is 3.80. The van der Waals surface area contributed by atoms with E-state index < -0.39 is 17.7 Å². The van der Waals surface area contributed by atoms with Gasteiger partial charge < -0.3 is 5.73 Å². The molecule has 1 aromatic carbocycles. The van der Waals surface area contributed by atoms with Gasteiger partial charge in [-0.2, -0.15) is 0 Å². The van der Waals surface area contributed by atoms with Gasteiger partial charge in [-0.25, -0.2) is 8.78 Å². The zero-order valence-corrected chi connectivity index (χ0v) is 9.26. The van der Waals surface area contributed by atoms with Crippen LogP contribution < -0.4 is 5.73 Å². The third-order valence-electron chi connectivity index (χ3n) is 2.27. The summed E-state index contributed by atoms with van der Waals surface area (Å²) in [6.07, 6.45) is 0. The Balaban J connectivity index is 2.41. The molecule has 1 atom stereocenters. The smallest absolute Gasteiger partial charge is 0.131 e. The van der Waals surface area contributed by atoms with Gasteiger partial charge in [0.25, 0.3) is 0 Å². The fourth-order valence-electron chi connectivity index (χ4n) is 1.42. The van der Waals surface area contributed by atoms with Crippen molar-refractivity contribution in [1.82, 2.24) is 9.59 Å². The molecule has 3 nitrogen and oxygen atoms in total. The zero-order valence-electron chi connectivity index (χ0n) is 8.45. The number of nitrogens with two attached hydrogens (primary N) is 1. The van der Waals surface area contributed by atoms with E-state index in [1.807, 2.05) is 0 Å². The molecular formula is C10H9F2N3S. The molecular weight excluding hydrogens is 232 g/mol. The van der Waals surface area contributed by atoms with Gasteiger partial charge in [0, 0.05) is 11.6 Å². The normalized spacial score (nSPS) is 12.8. The van der Waals surface area contributed by atoms with Gasteiger partial charge in [-0.3, -0.25) is 0 Å². The Bertz CT molecular complexity index is 513. The molecule has 2 aromatic rings. The number of rotatable bonds is 2. The van der Waals surface area contributed by atoms with Crippen LogP contribution in [0.5, 0.6) is 0 Å². The maximum Gasteiger partial charge on any atom is 0.131 e. The van der Waals surface area contributed by atoms with Gasteiger partial charge in [-0.05, 0) is 24.5 Å². The van der Waals surface area contributed by atoms with Gasteiger partial charge in [0.1, 0.15) is 11.6 Å². The van der Waals surface area contributed by atoms with Crippen LogP contribution >= 0.6 is 11.5 Å². The molecule has 0 fully saturated rings. The van der Waals surface area contributed by atoms with E-state index in [2.05, 4.69) is 9.59 Å². The second-order valence-electron chi connectivity index (χ2n) is 3.37. The van der Waals surface area contributed by atoms with E-state index in [0.717, 1.165) is 17.6 Å². The van der Waals surface area contributed by atoms with Crippen LogP contribution in [0.3, 0.4) is 0 Å². The lowest BCUT2D eigenvalue weighted by atomic mass is 10.0. The van der Waals surface area contributed by atoms with Crippen LogP contribution in [0.2, 0.25) is 0 Å². The molecule has 0 aliphatic heterocycles. The monoisotopic (exact) mass is 241 g/mol. The summed E-state index contributed by atoms with van der Waals surface area (Å²) in [4.78, 5) is 0.686. The minimum absolute atomic E-state index is 0.246. The maximum atomic E-state index is 13.5. The summed E-state index contributed by atoms with van der Waals surface area (Å²) in [5.74, 6) is -1.27. The second kappa shape index (κ2) is 4.23. The quantitative estimate of drug-likeness (QED) is 0.876. The highest BCUT2D eigenvalue weighted by Crippen LogP contribution is 2.26. The molecule has 1 aromatic heterocycles. The van der Waals surface area contributed by atoms with Crippen molar-refractivity contribution in [2.24, 2.45) is 5.73 Å². The summed E-state index contributed by atoms with van der Waals surface area (Å²) in [7, 11) is 0. The van der Waals surface area contributed by atoms with E-state index in [-0.39, 0.29) is 5.56 Å². The van der Waals surface area contributed by atoms with Crippen molar-refractivity contribution in [1.29, 1.82) is 0 Å². The molecule has 6 heteroatoms. The Morgan fingerprint density at radius 1 is 1.38 bits per heavy atom. The van der Waals surface area contributed by atoms with Gasteiger partial charge in [-0.1, -0.05) is 10.6 Å². The zero-order chi connectivity index (χ0) is 11.7. The van der Waals surface area contributed by atoms with Gasteiger partial charge in [-0.15, -0.1) is 5.10 Å². The number of hydrogen-bond acceptors (Lipinski definition) is 4. The molecule has 2 N–H and O–H groups in total. The molecule has 0 radical (unpaired) electrons. The summed E-state index contributed by atoms with van der Waals surface area (Å²) in [5.41, 5.74) is 6.79. The third kappa shape index (κ3) is 1.94. The van der Waals surface area contributed by atoms with E-state index in [1.54, 1.807) is 6.92 Å². The molecule has 0 aliphatic rings. The van der Waals surface area contributed by atoms with Crippen LogP contribution in [-0.4, -0.2) is 9.59 Å². The minimum atomic E-state index is -0.652. The average Bonchev–Trinajstić information content (AvgIpc) is 2.63. The number of hydrogen-bond donors (Lipinski definition) is 1.